The summed E-state index contributed by atoms with van der Waals surface area (Å²) in [5, 5.41) is 3.42. The summed E-state index contributed by atoms with van der Waals surface area (Å²) in [7, 11) is 0. The van der Waals surface area contributed by atoms with E-state index in [0.29, 0.717) is 17.6 Å². The van der Waals surface area contributed by atoms with Gasteiger partial charge in [0.2, 0.25) is 0 Å². The highest BCUT2D eigenvalue weighted by Crippen LogP contribution is 2.26. The van der Waals surface area contributed by atoms with Crippen molar-refractivity contribution >= 4 is 5.78 Å². The molecule has 1 aliphatic heterocycles. The second kappa shape index (κ2) is 10.2. The lowest BCUT2D eigenvalue weighted by Gasteiger charge is -2.24. The van der Waals surface area contributed by atoms with Crippen molar-refractivity contribution in [1.82, 2.24) is 5.32 Å². The topological polar surface area (TPSA) is 29.1 Å². The molecule has 2 nitrogen and oxygen atoms in total. The van der Waals surface area contributed by atoms with Gasteiger partial charge < -0.3 is 5.32 Å². The van der Waals surface area contributed by atoms with E-state index in [4.69, 9.17) is 0 Å². The van der Waals surface area contributed by atoms with Crippen LogP contribution in [0.1, 0.15) is 64.7 Å². The lowest BCUT2D eigenvalue weighted by molar-refractivity contribution is -0.127. The van der Waals surface area contributed by atoms with Crippen molar-refractivity contribution in [2.24, 2.45) is 11.8 Å². The quantitative estimate of drug-likeness (QED) is 0.528. The highest BCUT2D eigenvalue weighted by Gasteiger charge is 2.25. The first kappa shape index (κ1) is 16.4. The highest BCUT2D eigenvalue weighted by molar-refractivity contribution is 5.83. The molecule has 0 bridgehead atoms. The van der Waals surface area contributed by atoms with Gasteiger partial charge in [-0.1, -0.05) is 19.4 Å². The molecule has 1 heterocycles. The van der Waals surface area contributed by atoms with E-state index < -0.39 is 0 Å². The summed E-state index contributed by atoms with van der Waals surface area (Å²) < 4.78 is 0. The van der Waals surface area contributed by atoms with E-state index in [1.807, 2.05) is 6.08 Å². The monoisotopic (exact) mass is 265 g/mol. The number of hydrogen-bond acceptors (Lipinski definition) is 2. The number of hydrogen-bond donors (Lipinski definition) is 1. The van der Waals surface area contributed by atoms with Gasteiger partial charge in [0.05, 0.1) is 0 Å². The highest BCUT2D eigenvalue weighted by atomic mass is 16.1. The third-order valence-electron chi connectivity index (χ3n) is 4.21. The van der Waals surface area contributed by atoms with Crippen LogP contribution in [0.5, 0.6) is 0 Å². The average molecular weight is 265 g/mol. The fourth-order valence-corrected chi connectivity index (χ4v) is 3.12. The molecule has 2 heteroatoms. The van der Waals surface area contributed by atoms with Crippen LogP contribution in [0, 0.1) is 11.8 Å². The summed E-state index contributed by atoms with van der Waals surface area (Å²) >= 11 is 0. The molecule has 1 aliphatic rings. The Bertz CT molecular complexity index is 254. The van der Waals surface area contributed by atoms with Crippen LogP contribution in [-0.4, -0.2) is 18.9 Å². The maximum Gasteiger partial charge on any atom is 0.139 e. The maximum absolute atomic E-state index is 12.7. The van der Waals surface area contributed by atoms with Gasteiger partial charge in [0.1, 0.15) is 5.78 Å². The van der Waals surface area contributed by atoms with Crippen LogP contribution in [0.15, 0.2) is 12.7 Å². The van der Waals surface area contributed by atoms with Gasteiger partial charge in [-0.05, 0) is 64.5 Å². The molecule has 1 atom stereocenters. The third kappa shape index (κ3) is 6.38. The Morgan fingerprint density at radius 3 is 2.58 bits per heavy atom. The molecular formula is C17H31NO. The second-order valence-electron chi connectivity index (χ2n) is 5.84. The summed E-state index contributed by atoms with van der Waals surface area (Å²) in [5.74, 6) is 1.21. The molecule has 0 radical (unpaired) electrons. The van der Waals surface area contributed by atoms with Crippen molar-refractivity contribution in [3.63, 3.8) is 0 Å². The summed E-state index contributed by atoms with van der Waals surface area (Å²) in [6.45, 7) is 8.12. The predicted octanol–water partition coefficient (Wildman–Crippen LogP) is 4.11. The van der Waals surface area contributed by atoms with Gasteiger partial charge in [-0.3, -0.25) is 4.79 Å². The summed E-state index contributed by atoms with van der Waals surface area (Å²) in [6, 6.07) is 0. The van der Waals surface area contributed by atoms with Crippen molar-refractivity contribution in [3.8, 4) is 0 Å². The molecule has 1 saturated heterocycles. The molecule has 1 rings (SSSR count). The first-order valence-electron chi connectivity index (χ1n) is 8.15. The Kier molecular flexibility index (Phi) is 8.81. The van der Waals surface area contributed by atoms with Crippen molar-refractivity contribution in [2.45, 2.75) is 64.7 Å². The number of carbonyl (C=O) groups is 1. The largest absolute Gasteiger partial charge is 0.317 e. The number of nitrogens with one attached hydrogen (secondary N) is 1. The average Bonchev–Trinajstić information content (AvgIpc) is 2.37. The first-order valence-corrected chi connectivity index (χ1v) is 8.15. The van der Waals surface area contributed by atoms with Gasteiger partial charge in [0, 0.05) is 11.8 Å². The predicted molar refractivity (Wildman–Crippen MR) is 82.3 cm³/mol. The second-order valence-corrected chi connectivity index (χ2v) is 5.84. The number of ketones is 1. The van der Waals surface area contributed by atoms with E-state index in [9.17, 15) is 4.79 Å². The van der Waals surface area contributed by atoms with Crippen LogP contribution >= 0.6 is 0 Å². The van der Waals surface area contributed by atoms with Gasteiger partial charge in [-0.15, -0.1) is 6.58 Å². The number of unbranched alkanes of at least 4 members (excludes halogenated alkanes) is 1. The minimum absolute atomic E-state index is 0.308. The number of rotatable bonds is 8. The SMILES string of the molecule is C=CCCCC(CCC)C(=O)C1CCCNCCC1. The normalized spacial score (nSPS) is 19.4. The molecule has 0 saturated carbocycles. The Morgan fingerprint density at radius 2 is 2.00 bits per heavy atom. The maximum atomic E-state index is 12.7. The van der Waals surface area contributed by atoms with E-state index in [2.05, 4.69) is 18.8 Å². The van der Waals surface area contributed by atoms with E-state index in [1.54, 1.807) is 0 Å². The zero-order valence-corrected chi connectivity index (χ0v) is 12.6. The Morgan fingerprint density at radius 1 is 1.32 bits per heavy atom. The number of carbonyl (C=O) groups excluding carboxylic acids is 1. The zero-order chi connectivity index (χ0) is 13.9. The van der Waals surface area contributed by atoms with Crippen LogP contribution in [0.2, 0.25) is 0 Å². The van der Waals surface area contributed by atoms with Gasteiger partial charge >= 0.3 is 0 Å². The van der Waals surface area contributed by atoms with Crippen LogP contribution in [0.25, 0.3) is 0 Å². The van der Waals surface area contributed by atoms with E-state index in [-0.39, 0.29) is 0 Å². The lowest BCUT2D eigenvalue weighted by Crippen LogP contribution is -2.28. The molecule has 0 aliphatic carbocycles. The smallest absolute Gasteiger partial charge is 0.139 e. The first-order chi connectivity index (χ1) is 9.29. The van der Waals surface area contributed by atoms with Crippen molar-refractivity contribution in [3.05, 3.63) is 12.7 Å². The van der Waals surface area contributed by atoms with Gasteiger partial charge in [0.25, 0.3) is 0 Å². The van der Waals surface area contributed by atoms with Crippen LogP contribution in [-0.2, 0) is 4.79 Å². The van der Waals surface area contributed by atoms with Gasteiger partial charge in [-0.2, -0.15) is 0 Å². The van der Waals surface area contributed by atoms with Crippen molar-refractivity contribution < 1.29 is 4.79 Å². The molecule has 0 aromatic rings. The molecule has 19 heavy (non-hydrogen) atoms. The Labute approximate surface area is 119 Å². The number of allylic oxidation sites excluding steroid dienone is 1. The van der Waals surface area contributed by atoms with E-state index in [0.717, 1.165) is 70.9 Å². The molecule has 0 amide bonds. The van der Waals surface area contributed by atoms with Crippen molar-refractivity contribution in [2.75, 3.05) is 13.1 Å². The number of Topliss-reactive ketones (excluding diaryl/α,β-unsaturated/α-hetero) is 1. The minimum Gasteiger partial charge on any atom is -0.317 e. The molecule has 1 fully saturated rings. The molecule has 1 N–H and O–H groups in total. The molecule has 0 aromatic carbocycles. The zero-order valence-electron chi connectivity index (χ0n) is 12.6. The Hall–Kier alpha value is -0.630. The molecule has 110 valence electrons. The fourth-order valence-electron chi connectivity index (χ4n) is 3.12. The van der Waals surface area contributed by atoms with E-state index in [1.165, 1.54) is 0 Å². The van der Waals surface area contributed by atoms with Crippen molar-refractivity contribution in [1.29, 1.82) is 0 Å². The molecular weight excluding hydrogens is 234 g/mol. The summed E-state index contributed by atoms with van der Waals surface area (Å²) in [6.07, 6.45) is 11.9. The third-order valence-corrected chi connectivity index (χ3v) is 4.21. The van der Waals surface area contributed by atoms with E-state index >= 15 is 0 Å². The molecule has 0 aromatic heterocycles. The fraction of sp³-hybridized carbons (Fsp3) is 0.824. The summed E-state index contributed by atoms with van der Waals surface area (Å²) in [4.78, 5) is 12.7. The van der Waals surface area contributed by atoms with Gasteiger partial charge in [-0.25, -0.2) is 0 Å². The Balaban J connectivity index is 2.49. The van der Waals surface area contributed by atoms with Gasteiger partial charge in [0.15, 0.2) is 0 Å². The van der Waals surface area contributed by atoms with Crippen LogP contribution in [0.4, 0.5) is 0 Å². The minimum atomic E-state index is 0.308. The summed E-state index contributed by atoms with van der Waals surface area (Å²) in [5.41, 5.74) is 0. The lowest BCUT2D eigenvalue weighted by atomic mass is 9.81. The van der Waals surface area contributed by atoms with Crippen LogP contribution in [0.3, 0.4) is 0 Å². The molecule has 0 spiro atoms. The standard InChI is InChI=1S/C17H31NO/c1-3-5-6-10-15(9-4-2)17(19)16-11-7-13-18-14-8-12-16/h3,15-16,18H,1,4-14H2,2H3. The van der Waals surface area contributed by atoms with Crippen LogP contribution < -0.4 is 5.32 Å². The molecule has 1 unspecified atom stereocenters.